The van der Waals surface area contributed by atoms with Gasteiger partial charge < -0.3 is 5.73 Å². The molecule has 3 aromatic carbocycles. The Labute approximate surface area is 216 Å². The molecule has 0 aliphatic heterocycles. The maximum atomic E-state index is 13.8. The number of nitrogens with two attached hydrogens (primary N) is 1. The van der Waals surface area contributed by atoms with Gasteiger partial charge in [-0.3, -0.25) is 4.99 Å². The van der Waals surface area contributed by atoms with Crippen molar-refractivity contribution in [2.24, 2.45) is 10.7 Å². The highest BCUT2D eigenvalue weighted by Gasteiger charge is 2.13. The van der Waals surface area contributed by atoms with Crippen molar-refractivity contribution in [2.45, 2.75) is 53.5 Å². The number of hydrogen-bond acceptors (Lipinski definition) is 2. The van der Waals surface area contributed by atoms with Gasteiger partial charge in [-0.05, 0) is 82.4 Å². The second kappa shape index (κ2) is 14.0. The first kappa shape index (κ1) is 28.5. The summed E-state index contributed by atoms with van der Waals surface area (Å²) in [6.45, 7) is 12.3. The lowest BCUT2D eigenvalue weighted by Crippen LogP contribution is -2.16. The van der Waals surface area contributed by atoms with Crippen LogP contribution in [0.25, 0.3) is 5.70 Å². The van der Waals surface area contributed by atoms with Crippen LogP contribution in [-0.4, -0.2) is 11.3 Å². The molecule has 2 N–H and O–H groups in total. The molecule has 0 spiro atoms. The Hall–Kier alpha value is -3.72. The summed E-state index contributed by atoms with van der Waals surface area (Å²) in [5.74, 6) is -0.162. The van der Waals surface area contributed by atoms with Crippen LogP contribution in [0.15, 0.2) is 114 Å². The van der Waals surface area contributed by atoms with Gasteiger partial charge in [0.1, 0.15) is 5.82 Å². The maximum absolute atomic E-state index is 13.8. The van der Waals surface area contributed by atoms with E-state index in [0.29, 0.717) is 12.0 Å². The minimum Gasteiger partial charge on any atom is -0.398 e. The zero-order chi connectivity index (χ0) is 26.6. The fourth-order valence-corrected chi connectivity index (χ4v) is 3.52. The van der Waals surface area contributed by atoms with Crippen LogP contribution in [0.3, 0.4) is 0 Å². The van der Waals surface area contributed by atoms with Crippen LogP contribution in [0.4, 0.5) is 4.39 Å². The van der Waals surface area contributed by atoms with E-state index in [2.05, 4.69) is 52.0 Å². The van der Waals surface area contributed by atoms with Crippen molar-refractivity contribution in [3.8, 4) is 0 Å². The lowest BCUT2D eigenvalue weighted by molar-refractivity contribution is 0.584. The van der Waals surface area contributed by atoms with E-state index in [1.807, 2.05) is 80.6 Å². The van der Waals surface area contributed by atoms with E-state index >= 15 is 0 Å². The fraction of sp³-hybridized carbons (Fsp3) is 0.242. The summed E-state index contributed by atoms with van der Waals surface area (Å²) in [4.78, 5) is 4.87. The first-order chi connectivity index (χ1) is 17.1. The van der Waals surface area contributed by atoms with Crippen molar-refractivity contribution in [3.05, 3.63) is 137 Å². The molecule has 0 saturated heterocycles. The molecule has 0 amide bonds. The third kappa shape index (κ3) is 9.50. The van der Waals surface area contributed by atoms with Gasteiger partial charge in [-0.1, -0.05) is 91.0 Å². The van der Waals surface area contributed by atoms with Crippen molar-refractivity contribution in [2.75, 3.05) is 0 Å². The molecule has 3 aromatic rings. The van der Waals surface area contributed by atoms with Gasteiger partial charge in [0.2, 0.25) is 0 Å². The molecule has 2 nitrogen and oxygen atoms in total. The fourth-order valence-electron chi connectivity index (χ4n) is 3.52. The average Bonchev–Trinajstić information content (AvgIpc) is 2.86. The van der Waals surface area contributed by atoms with E-state index in [-0.39, 0.29) is 11.4 Å². The Balaban J connectivity index is 0.000000297. The summed E-state index contributed by atoms with van der Waals surface area (Å²) in [5.41, 5.74) is 12.7. The smallest absolute Gasteiger partial charge is 0.126 e. The van der Waals surface area contributed by atoms with E-state index in [4.69, 9.17) is 10.7 Å². The van der Waals surface area contributed by atoms with Crippen molar-refractivity contribution in [3.63, 3.8) is 0 Å². The van der Waals surface area contributed by atoms with Crippen LogP contribution < -0.4 is 5.73 Å². The van der Waals surface area contributed by atoms with E-state index in [1.54, 1.807) is 6.07 Å². The molecule has 3 heteroatoms. The van der Waals surface area contributed by atoms with Crippen LogP contribution in [0, 0.1) is 12.7 Å². The van der Waals surface area contributed by atoms with Crippen molar-refractivity contribution in [1.29, 1.82) is 0 Å². The summed E-state index contributed by atoms with van der Waals surface area (Å²) in [7, 11) is 0. The van der Waals surface area contributed by atoms with E-state index in [9.17, 15) is 4.39 Å². The van der Waals surface area contributed by atoms with Gasteiger partial charge in [0, 0.05) is 11.3 Å². The number of benzene rings is 3. The minimum absolute atomic E-state index is 0.162. The zero-order valence-electron chi connectivity index (χ0n) is 22.4. The van der Waals surface area contributed by atoms with Crippen LogP contribution >= 0.6 is 0 Å². The molecule has 0 fully saturated rings. The standard InChI is InChI=1S/C21H24FN.C12H15N/c1-16(14-15-17-10-8-9-13-19(17)22)20(23-21(2,3)4)18-11-6-5-7-12-18;1-3-4-9-12(13)11-8-6-5-7-10(11)2/h5-14H,15H2,1-4H3;3-9H,13H2,1-2H3/b16-14-,23-20?;4-3-,12-9-. The number of allylic oxidation sites excluding steroid dienone is 5. The SMILES string of the molecule is C/C(=C/Cc1ccccc1F)C(=NC(C)(C)C)c1ccccc1.C/C=C\C=C(/N)c1ccccc1C. The third-order valence-electron chi connectivity index (χ3n) is 5.38. The van der Waals surface area contributed by atoms with Crippen LogP contribution in [-0.2, 0) is 6.42 Å². The minimum atomic E-state index is -0.168. The molecule has 188 valence electrons. The molecule has 36 heavy (non-hydrogen) atoms. The average molecular weight is 483 g/mol. The molecule has 0 bridgehead atoms. The Morgan fingerprint density at radius 1 is 0.917 bits per heavy atom. The van der Waals surface area contributed by atoms with E-state index in [0.717, 1.165) is 28.1 Å². The molecular weight excluding hydrogens is 443 g/mol. The Bertz CT molecular complexity index is 1230. The van der Waals surface area contributed by atoms with Gasteiger partial charge >= 0.3 is 0 Å². The van der Waals surface area contributed by atoms with Gasteiger partial charge in [0.15, 0.2) is 0 Å². The molecule has 3 rings (SSSR count). The second-order valence-corrected chi connectivity index (χ2v) is 9.64. The van der Waals surface area contributed by atoms with Crippen molar-refractivity contribution in [1.82, 2.24) is 0 Å². The highest BCUT2D eigenvalue weighted by Crippen LogP contribution is 2.17. The lowest BCUT2D eigenvalue weighted by Gasteiger charge is -2.17. The quantitative estimate of drug-likeness (QED) is 0.278. The van der Waals surface area contributed by atoms with Gasteiger partial charge in [-0.25, -0.2) is 4.39 Å². The highest BCUT2D eigenvalue weighted by atomic mass is 19.1. The highest BCUT2D eigenvalue weighted by molar-refractivity contribution is 6.12. The number of aliphatic imine (C=N–C) groups is 1. The Morgan fingerprint density at radius 2 is 1.53 bits per heavy atom. The van der Waals surface area contributed by atoms with Gasteiger partial charge in [0.25, 0.3) is 0 Å². The molecule has 0 saturated carbocycles. The normalized spacial score (nSPS) is 12.9. The Morgan fingerprint density at radius 3 is 2.14 bits per heavy atom. The third-order valence-corrected chi connectivity index (χ3v) is 5.38. The first-order valence-corrected chi connectivity index (χ1v) is 12.3. The van der Waals surface area contributed by atoms with E-state index in [1.165, 1.54) is 11.6 Å². The summed E-state index contributed by atoms with van der Waals surface area (Å²) >= 11 is 0. The van der Waals surface area contributed by atoms with Crippen LogP contribution in [0.2, 0.25) is 0 Å². The largest absolute Gasteiger partial charge is 0.398 e. The lowest BCUT2D eigenvalue weighted by atomic mass is 9.99. The summed E-state index contributed by atoms with van der Waals surface area (Å²) < 4.78 is 13.8. The molecule has 0 radical (unpaired) electrons. The molecule has 0 heterocycles. The second-order valence-electron chi connectivity index (χ2n) is 9.64. The van der Waals surface area contributed by atoms with Gasteiger partial charge in [-0.15, -0.1) is 0 Å². The zero-order valence-corrected chi connectivity index (χ0v) is 22.4. The predicted octanol–water partition coefficient (Wildman–Crippen LogP) is 8.47. The molecule has 0 aliphatic rings. The van der Waals surface area contributed by atoms with Crippen LogP contribution in [0.5, 0.6) is 0 Å². The van der Waals surface area contributed by atoms with Gasteiger partial charge in [-0.2, -0.15) is 0 Å². The molecular formula is C33H39FN2. The maximum Gasteiger partial charge on any atom is 0.126 e. The first-order valence-electron chi connectivity index (χ1n) is 12.3. The molecule has 0 aliphatic carbocycles. The molecule has 0 aromatic heterocycles. The summed E-state index contributed by atoms with van der Waals surface area (Å²) in [6, 6.07) is 25.1. The molecule has 0 unspecified atom stereocenters. The van der Waals surface area contributed by atoms with Crippen LogP contribution in [0.1, 0.15) is 56.9 Å². The topological polar surface area (TPSA) is 38.4 Å². The number of nitrogens with zero attached hydrogens (tertiary/aromatic N) is 1. The Kier molecular flexibility index (Phi) is 11.1. The number of halogens is 1. The number of rotatable bonds is 6. The van der Waals surface area contributed by atoms with E-state index < -0.39 is 0 Å². The van der Waals surface area contributed by atoms with Gasteiger partial charge in [0.05, 0.1) is 11.3 Å². The number of hydrogen-bond donors (Lipinski definition) is 1. The molecule has 0 atom stereocenters. The number of aryl methyl sites for hydroxylation is 1. The van der Waals surface area contributed by atoms with Crippen molar-refractivity contribution >= 4 is 11.4 Å². The summed E-state index contributed by atoms with van der Waals surface area (Å²) in [6.07, 6.45) is 8.44. The summed E-state index contributed by atoms with van der Waals surface area (Å²) in [5, 5.41) is 0. The van der Waals surface area contributed by atoms with Crippen molar-refractivity contribution < 1.29 is 4.39 Å². The monoisotopic (exact) mass is 482 g/mol. The predicted molar refractivity (Wildman–Crippen MR) is 155 cm³/mol.